The van der Waals surface area contributed by atoms with Gasteiger partial charge in [-0.05, 0) is 55.0 Å². The monoisotopic (exact) mass is 418 g/mol. The molecule has 0 atom stereocenters. The summed E-state index contributed by atoms with van der Waals surface area (Å²) < 4.78 is 1.78. The molecule has 0 saturated heterocycles. The highest BCUT2D eigenvalue weighted by molar-refractivity contribution is 8.00. The zero-order valence-corrected chi connectivity index (χ0v) is 17.4. The minimum atomic E-state index is -0.242. The molecule has 1 aromatic carbocycles. The van der Waals surface area contributed by atoms with E-state index in [1.807, 2.05) is 35.2 Å². The van der Waals surface area contributed by atoms with Gasteiger partial charge in [-0.2, -0.15) is 4.98 Å². The standard InChI is InChI=1S/C23H22N4O2S/c28-21(26-13-10-17-4-1-2-6-19(17)26)15-30-22-18-5-3-7-20(18)27(23(29)25-22)14-16-8-11-24-12-9-16/h1-2,4,6,8-9,11-12H,3,5,7,10,13-15H2. The normalized spacial score (nSPS) is 14.6. The number of thioether (sulfide) groups is 1. The van der Waals surface area contributed by atoms with Crippen LogP contribution in [-0.2, 0) is 30.6 Å². The molecule has 152 valence electrons. The summed E-state index contributed by atoms with van der Waals surface area (Å²) in [6.07, 6.45) is 7.16. The summed E-state index contributed by atoms with van der Waals surface area (Å²) in [4.78, 5) is 35.9. The molecular weight excluding hydrogens is 396 g/mol. The van der Waals surface area contributed by atoms with Crippen molar-refractivity contribution < 1.29 is 4.79 Å². The van der Waals surface area contributed by atoms with Crippen LogP contribution in [0.3, 0.4) is 0 Å². The fourth-order valence-electron chi connectivity index (χ4n) is 4.34. The number of fused-ring (bicyclic) bond motifs is 2. The predicted molar refractivity (Wildman–Crippen MR) is 117 cm³/mol. The molecule has 0 fully saturated rings. The largest absolute Gasteiger partial charge is 0.349 e. The van der Waals surface area contributed by atoms with Crippen LogP contribution >= 0.6 is 11.8 Å². The van der Waals surface area contributed by atoms with Crippen molar-refractivity contribution in [3.63, 3.8) is 0 Å². The van der Waals surface area contributed by atoms with Crippen LogP contribution in [0.5, 0.6) is 0 Å². The molecule has 0 spiro atoms. The second kappa shape index (κ2) is 8.07. The third kappa shape index (κ3) is 3.54. The molecule has 7 heteroatoms. The first-order valence-corrected chi connectivity index (χ1v) is 11.2. The molecule has 0 N–H and O–H groups in total. The van der Waals surface area contributed by atoms with Gasteiger partial charge < -0.3 is 4.90 Å². The minimum absolute atomic E-state index is 0.0689. The maximum Gasteiger partial charge on any atom is 0.349 e. The lowest BCUT2D eigenvalue weighted by molar-refractivity contribution is -0.116. The van der Waals surface area contributed by atoms with Gasteiger partial charge in [0, 0.05) is 35.9 Å². The Morgan fingerprint density at radius 1 is 1.07 bits per heavy atom. The van der Waals surface area contributed by atoms with Crippen molar-refractivity contribution in [3.05, 3.63) is 81.7 Å². The van der Waals surface area contributed by atoms with Gasteiger partial charge in [-0.25, -0.2) is 4.79 Å². The molecule has 30 heavy (non-hydrogen) atoms. The van der Waals surface area contributed by atoms with Crippen LogP contribution in [0.1, 0.15) is 28.8 Å². The van der Waals surface area contributed by atoms with Crippen LogP contribution < -0.4 is 10.6 Å². The van der Waals surface area contributed by atoms with Crippen molar-refractivity contribution in [2.45, 2.75) is 37.3 Å². The van der Waals surface area contributed by atoms with Gasteiger partial charge in [0.1, 0.15) is 5.03 Å². The van der Waals surface area contributed by atoms with E-state index in [0.717, 1.165) is 59.8 Å². The first-order chi connectivity index (χ1) is 14.7. The number of amides is 1. The van der Waals surface area contributed by atoms with Gasteiger partial charge in [0.2, 0.25) is 5.91 Å². The average molecular weight is 419 g/mol. The third-order valence-corrected chi connectivity index (χ3v) is 6.81. The molecule has 1 amide bonds. The number of pyridine rings is 1. The first kappa shape index (κ1) is 19.1. The highest BCUT2D eigenvalue weighted by Crippen LogP contribution is 2.32. The second-order valence-corrected chi connectivity index (χ2v) is 8.60. The number of benzene rings is 1. The number of carbonyl (C=O) groups excluding carboxylic acids is 1. The predicted octanol–water partition coefficient (Wildman–Crippen LogP) is 2.86. The van der Waals surface area contributed by atoms with Crippen molar-refractivity contribution in [2.24, 2.45) is 0 Å². The van der Waals surface area contributed by atoms with Crippen LogP contribution in [0.2, 0.25) is 0 Å². The Morgan fingerprint density at radius 3 is 2.77 bits per heavy atom. The maximum absolute atomic E-state index is 12.9. The fraction of sp³-hybridized carbons (Fsp3) is 0.304. The Morgan fingerprint density at radius 2 is 1.90 bits per heavy atom. The Hall–Kier alpha value is -2.93. The number of anilines is 1. The van der Waals surface area contributed by atoms with Gasteiger partial charge in [-0.15, -0.1) is 0 Å². The maximum atomic E-state index is 12.9. The number of hydrogen-bond donors (Lipinski definition) is 0. The molecule has 5 rings (SSSR count). The van der Waals surface area contributed by atoms with Crippen LogP contribution in [0.4, 0.5) is 5.69 Å². The highest BCUT2D eigenvalue weighted by atomic mass is 32.2. The smallest absolute Gasteiger partial charge is 0.311 e. The number of hydrogen-bond acceptors (Lipinski definition) is 5. The van der Waals surface area contributed by atoms with Gasteiger partial charge in [0.25, 0.3) is 0 Å². The Balaban J connectivity index is 1.36. The van der Waals surface area contributed by atoms with Gasteiger partial charge in [-0.3, -0.25) is 14.3 Å². The highest BCUT2D eigenvalue weighted by Gasteiger charge is 2.26. The van der Waals surface area contributed by atoms with E-state index in [-0.39, 0.29) is 11.6 Å². The molecule has 0 saturated carbocycles. The summed E-state index contributed by atoms with van der Waals surface area (Å²) in [5.74, 6) is 0.362. The number of nitrogens with zero attached hydrogens (tertiary/aromatic N) is 4. The van der Waals surface area contributed by atoms with Gasteiger partial charge in [0.15, 0.2) is 0 Å². The topological polar surface area (TPSA) is 68.1 Å². The molecule has 0 unspecified atom stereocenters. The summed E-state index contributed by atoms with van der Waals surface area (Å²) in [5, 5.41) is 0.722. The van der Waals surface area contributed by atoms with Crippen molar-refractivity contribution in [1.82, 2.24) is 14.5 Å². The minimum Gasteiger partial charge on any atom is -0.311 e. The Kier molecular flexibility index (Phi) is 5.12. The van der Waals surface area contributed by atoms with E-state index in [2.05, 4.69) is 16.0 Å². The van der Waals surface area contributed by atoms with Gasteiger partial charge in [-0.1, -0.05) is 30.0 Å². The number of aromatic nitrogens is 3. The van der Waals surface area contributed by atoms with Crippen molar-refractivity contribution in [3.8, 4) is 0 Å². The summed E-state index contributed by atoms with van der Waals surface area (Å²) in [7, 11) is 0. The number of rotatable bonds is 5. The van der Waals surface area contributed by atoms with Crippen LogP contribution in [-0.4, -0.2) is 32.7 Å². The van der Waals surface area contributed by atoms with Crippen LogP contribution in [0.15, 0.2) is 58.6 Å². The molecule has 6 nitrogen and oxygen atoms in total. The van der Waals surface area contributed by atoms with E-state index in [1.165, 1.54) is 17.3 Å². The zero-order valence-electron chi connectivity index (χ0n) is 16.6. The fourth-order valence-corrected chi connectivity index (χ4v) is 5.30. The molecule has 0 bridgehead atoms. The van der Waals surface area contributed by atoms with E-state index in [9.17, 15) is 9.59 Å². The van der Waals surface area contributed by atoms with E-state index < -0.39 is 0 Å². The molecule has 1 aliphatic heterocycles. The second-order valence-electron chi connectivity index (χ2n) is 7.63. The molecule has 2 aliphatic rings. The summed E-state index contributed by atoms with van der Waals surface area (Å²) in [6, 6.07) is 11.9. The SMILES string of the molecule is O=C(CSc1nc(=O)n(Cc2ccncc2)c2c1CCC2)N1CCc2ccccc21. The van der Waals surface area contributed by atoms with E-state index in [0.29, 0.717) is 12.3 Å². The third-order valence-electron chi connectivity index (χ3n) is 5.81. The number of para-hydroxylation sites is 1. The van der Waals surface area contributed by atoms with E-state index in [1.54, 1.807) is 17.0 Å². The van der Waals surface area contributed by atoms with Gasteiger partial charge in [0.05, 0.1) is 12.3 Å². The Labute approximate surface area is 179 Å². The van der Waals surface area contributed by atoms with E-state index >= 15 is 0 Å². The summed E-state index contributed by atoms with van der Waals surface area (Å²) >= 11 is 1.40. The molecule has 3 heterocycles. The van der Waals surface area contributed by atoms with E-state index in [4.69, 9.17) is 0 Å². The zero-order chi connectivity index (χ0) is 20.5. The average Bonchev–Trinajstić information content (AvgIpc) is 3.42. The summed E-state index contributed by atoms with van der Waals surface area (Å²) in [5.41, 5.74) is 5.21. The quantitative estimate of drug-likeness (QED) is 0.471. The molecule has 3 aromatic rings. The van der Waals surface area contributed by atoms with Crippen molar-refractivity contribution in [1.29, 1.82) is 0 Å². The molecule has 0 radical (unpaired) electrons. The van der Waals surface area contributed by atoms with Crippen LogP contribution in [0, 0.1) is 0 Å². The lowest BCUT2D eigenvalue weighted by Crippen LogP contribution is -2.31. The first-order valence-electron chi connectivity index (χ1n) is 10.2. The molecule has 1 aliphatic carbocycles. The van der Waals surface area contributed by atoms with Crippen LogP contribution in [0.25, 0.3) is 0 Å². The van der Waals surface area contributed by atoms with Crippen molar-refractivity contribution >= 4 is 23.4 Å². The lowest BCUT2D eigenvalue weighted by Gasteiger charge is -2.18. The number of carbonyl (C=O) groups is 1. The lowest BCUT2D eigenvalue weighted by atomic mass is 10.2. The molecule has 2 aromatic heterocycles. The summed E-state index contributed by atoms with van der Waals surface area (Å²) in [6.45, 7) is 1.23. The van der Waals surface area contributed by atoms with Crippen molar-refractivity contribution in [2.75, 3.05) is 17.2 Å². The van der Waals surface area contributed by atoms with Gasteiger partial charge >= 0.3 is 5.69 Å². The molecular formula is C23H22N4O2S. The Bertz CT molecular complexity index is 1160.